The molecular weight excluding hydrogens is 218 g/mol. The number of hydrogen-bond donors (Lipinski definition) is 1. The largest absolute Gasteiger partial charge is 0.337 e. The van der Waals surface area contributed by atoms with E-state index in [-0.39, 0.29) is 6.04 Å². The van der Waals surface area contributed by atoms with Crippen molar-refractivity contribution in [3.8, 4) is 11.5 Å². The predicted molar refractivity (Wildman–Crippen MR) is 59.9 cm³/mol. The lowest BCUT2D eigenvalue weighted by Crippen LogP contribution is -2.26. The molecule has 3 heterocycles. The van der Waals surface area contributed by atoms with Crippen molar-refractivity contribution in [2.75, 3.05) is 6.54 Å². The summed E-state index contributed by atoms with van der Waals surface area (Å²) in [5.41, 5.74) is 0.686. The SMILES string of the molecule is c1cc(-c2noc([C@H]3CCCCN3)n2)ncn1. The first kappa shape index (κ1) is 10.3. The van der Waals surface area contributed by atoms with Crippen LogP contribution in [-0.2, 0) is 0 Å². The fourth-order valence-corrected chi connectivity index (χ4v) is 1.97. The lowest BCUT2D eigenvalue weighted by Gasteiger charge is -2.19. The van der Waals surface area contributed by atoms with E-state index in [2.05, 4.69) is 25.4 Å². The molecule has 2 aromatic rings. The highest BCUT2D eigenvalue weighted by atomic mass is 16.5. The fraction of sp³-hybridized carbons (Fsp3) is 0.455. The molecule has 0 radical (unpaired) electrons. The van der Waals surface area contributed by atoms with Crippen molar-refractivity contribution in [3.63, 3.8) is 0 Å². The van der Waals surface area contributed by atoms with Crippen LogP contribution < -0.4 is 5.32 Å². The molecular formula is C11H13N5O. The van der Waals surface area contributed by atoms with Gasteiger partial charge in [0.05, 0.1) is 6.04 Å². The van der Waals surface area contributed by atoms with Crippen molar-refractivity contribution in [3.05, 3.63) is 24.5 Å². The minimum Gasteiger partial charge on any atom is -0.337 e. The van der Waals surface area contributed by atoms with Gasteiger partial charge in [-0.3, -0.25) is 0 Å². The van der Waals surface area contributed by atoms with Gasteiger partial charge in [0.15, 0.2) is 0 Å². The third kappa shape index (κ3) is 2.16. The average Bonchev–Trinajstić information content (AvgIpc) is 2.90. The summed E-state index contributed by atoms with van der Waals surface area (Å²) in [6.07, 6.45) is 6.60. The van der Waals surface area contributed by atoms with E-state index in [1.54, 1.807) is 12.3 Å². The number of aromatic nitrogens is 4. The van der Waals surface area contributed by atoms with Gasteiger partial charge in [-0.1, -0.05) is 11.6 Å². The van der Waals surface area contributed by atoms with Gasteiger partial charge in [-0.05, 0) is 25.5 Å². The Morgan fingerprint density at radius 1 is 1.35 bits per heavy atom. The van der Waals surface area contributed by atoms with Crippen molar-refractivity contribution in [2.45, 2.75) is 25.3 Å². The first-order chi connectivity index (χ1) is 8.43. The monoisotopic (exact) mass is 231 g/mol. The summed E-state index contributed by atoms with van der Waals surface area (Å²) in [4.78, 5) is 12.3. The molecule has 1 saturated heterocycles. The molecule has 1 atom stereocenters. The molecule has 1 fully saturated rings. The van der Waals surface area contributed by atoms with Crippen molar-refractivity contribution >= 4 is 0 Å². The Hall–Kier alpha value is -1.82. The Kier molecular flexibility index (Phi) is 2.79. The number of nitrogens with one attached hydrogen (secondary N) is 1. The Labute approximate surface area is 98.5 Å². The third-order valence-electron chi connectivity index (χ3n) is 2.86. The Morgan fingerprint density at radius 2 is 2.35 bits per heavy atom. The standard InChI is InChI=1S/C11H13N5O/c1-2-5-13-9(3-1)11-15-10(16-17-11)8-4-6-12-7-14-8/h4,6-7,9,13H,1-3,5H2/t9-/m1/s1. The molecule has 0 saturated carbocycles. The summed E-state index contributed by atoms with van der Waals surface area (Å²) < 4.78 is 5.27. The quantitative estimate of drug-likeness (QED) is 0.840. The summed E-state index contributed by atoms with van der Waals surface area (Å²) in [5.74, 6) is 1.17. The first-order valence-corrected chi connectivity index (χ1v) is 5.77. The van der Waals surface area contributed by atoms with E-state index in [1.807, 2.05) is 0 Å². The second-order valence-electron chi connectivity index (χ2n) is 4.05. The molecule has 0 bridgehead atoms. The van der Waals surface area contributed by atoms with Gasteiger partial charge in [-0.15, -0.1) is 0 Å². The van der Waals surface area contributed by atoms with Crippen LogP contribution in [0.25, 0.3) is 11.5 Å². The van der Waals surface area contributed by atoms with Crippen LogP contribution in [0.1, 0.15) is 31.2 Å². The lowest BCUT2D eigenvalue weighted by atomic mass is 10.1. The minimum atomic E-state index is 0.187. The highest BCUT2D eigenvalue weighted by Gasteiger charge is 2.21. The normalized spacial score (nSPS) is 20.4. The van der Waals surface area contributed by atoms with Gasteiger partial charge >= 0.3 is 0 Å². The molecule has 0 aromatic carbocycles. The average molecular weight is 231 g/mol. The minimum absolute atomic E-state index is 0.187. The molecule has 0 aliphatic carbocycles. The van der Waals surface area contributed by atoms with E-state index < -0.39 is 0 Å². The summed E-state index contributed by atoms with van der Waals surface area (Å²) in [5, 5.41) is 7.32. The van der Waals surface area contributed by atoms with E-state index in [0.717, 1.165) is 13.0 Å². The first-order valence-electron chi connectivity index (χ1n) is 5.77. The van der Waals surface area contributed by atoms with Gasteiger partial charge in [0.1, 0.15) is 12.0 Å². The van der Waals surface area contributed by atoms with Crippen LogP contribution >= 0.6 is 0 Å². The van der Waals surface area contributed by atoms with Crippen molar-refractivity contribution in [1.82, 2.24) is 25.4 Å². The van der Waals surface area contributed by atoms with Crippen LogP contribution in [0.2, 0.25) is 0 Å². The van der Waals surface area contributed by atoms with E-state index in [4.69, 9.17) is 4.52 Å². The molecule has 1 aliphatic heterocycles. The zero-order chi connectivity index (χ0) is 11.5. The smallest absolute Gasteiger partial charge is 0.244 e. The van der Waals surface area contributed by atoms with Crippen LogP contribution in [-0.4, -0.2) is 26.7 Å². The molecule has 6 nitrogen and oxygen atoms in total. The maximum atomic E-state index is 5.27. The van der Waals surface area contributed by atoms with Gasteiger partial charge in [0, 0.05) is 6.20 Å². The maximum absolute atomic E-state index is 5.27. The zero-order valence-electron chi connectivity index (χ0n) is 9.33. The molecule has 2 aromatic heterocycles. The second-order valence-corrected chi connectivity index (χ2v) is 4.05. The van der Waals surface area contributed by atoms with Crippen LogP contribution in [0.4, 0.5) is 0 Å². The number of piperidine rings is 1. The third-order valence-corrected chi connectivity index (χ3v) is 2.86. The van der Waals surface area contributed by atoms with Gasteiger partial charge in [0.25, 0.3) is 0 Å². The molecule has 3 rings (SSSR count). The molecule has 0 unspecified atom stereocenters. The van der Waals surface area contributed by atoms with Gasteiger partial charge < -0.3 is 9.84 Å². The van der Waals surface area contributed by atoms with Gasteiger partial charge in [-0.25, -0.2) is 9.97 Å². The van der Waals surface area contributed by atoms with Gasteiger partial charge in [0.2, 0.25) is 11.7 Å². The van der Waals surface area contributed by atoms with Gasteiger partial charge in [-0.2, -0.15) is 4.98 Å². The summed E-state index contributed by atoms with van der Waals surface area (Å²) in [7, 11) is 0. The molecule has 88 valence electrons. The number of hydrogen-bond acceptors (Lipinski definition) is 6. The van der Waals surface area contributed by atoms with Crippen LogP contribution in [0.3, 0.4) is 0 Å². The maximum Gasteiger partial charge on any atom is 0.244 e. The van der Waals surface area contributed by atoms with E-state index in [9.17, 15) is 0 Å². The molecule has 1 aliphatic rings. The zero-order valence-corrected chi connectivity index (χ0v) is 9.33. The molecule has 6 heteroatoms. The summed E-state index contributed by atoms with van der Waals surface area (Å²) in [6.45, 7) is 1.01. The highest BCUT2D eigenvalue weighted by molar-refractivity contribution is 5.46. The molecule has 0 amide bonds. The van der Waals surface area contributed by atoms with E-state index in [1.165, 1.54) is 19.2 Å². The van der Waals surface area contributed by atoms with Crippen LogP contribution in [0.15, 0.2) is 23.1 Å². The predicted octanol–water partition coefficient (Wildman–Crippen LogP) is 1.34. The van der Waals surface area contributed by atoms with Crippen molar-refractivity contribution in [1.29, 1.82) is 0 Å². The van der Waals surface area contributed by atoms with Crippen molar-refractivity contribution in [2.24, 2.45) is 0 Å². The lowest BCUT2D eigenvalue weighted by molar-refractivity contribution is 0.297. The number of rotatable bonds is 2. The van der Waals surface area contributed by atoms with E-state index in [0.29, 0.717) is 17.4 Å². The Bertz CT molecular complexity index is 478. The fourth-order valence-electron chi connectivity index (χ4n) is 1.97. The highest BCUT2D eigenvalue weighted by Crippen LogP contribution is 2.23. The molecule has 17 heavy (non-hydrogen) atoms. The summed E-state index contributed by atoms with van der Waals surface area (Å²) >= 11 is 0. The second kappa shape index (κ2) is 4.58. The topological polar surface area (TPSA) is 76.7 Å². The van der Waals surface area contributed by atoms with Crippen molar-refractivity contribution < 1.29 is 4.52 Å². The number of nitrogens with zero attached hydrogens (tertiary/aromatic N) is 4. The summed E-state index contributed by atoms with van der Waals surface area (Å²) in [6, 6.07) is 1.95. The Morgan fingerprint density at radius 3 is 3.12 bits per heavy atom. The van der Waals surface area contributed by atoms with Crippen LogP contribution in [0, 0.1) is 0 Å². The van der Waals surface area contributed by atoms with Crippen LogP contribution in [0.5, 0.6) is 0 Å². The Balaban J connectivity index is 1.83. The van der Waals surface area contributed by atoms with E-state index >= 15 is 0 Å². The molecule has 1 N–H and O–H groups in total. The molecule has 0 spiro atoms.